The molecule has 0 saturated heterocycles. The molecule has 0 bridgehead atoms. The number of phenolic OH excluding ortho intramolecular Hbond substituents is 1. The molecule has 2 aromatic rings. The van der Waals surface area contributed by atoms with Crippen LogP contribution in [0.5, 0.6) is 5.75 Å². The van der Waals surface area contributed by atoms with Crippen LogP contribution in [0.3, 0.4) is 0 Å². The largest absolute Gasteiger partial charge is 0.502 e. The van der Waals surface area contributed by atoms with Crippen molar-refractivity contribution in [2.24, 2.45) is 0 Å². The summed E-state index contributed by atoms with van der Waals surface area (Å²) in [6.07, 6.45) is 0.439. The lowest BCUT2D eigenvalue weighted by atomic mass is 10.0. The van der Waals surface area contributed by atoms with Crippen molar-refractivity contribution >= 4 is 11.7 Å². The summed E-state index contributed by atoms with van der Waals surface area (Å²) in [7, 11) is 0. The zero-order valence-electron chi connectivity index (χ0n) is 15.6. The number of aromatic hydroxyl groups is 1. The van der Waals surface area contributed by atoms with Crippen molar-refractivity contribution in [3.63, 3.8) is 0 Å². The number of phenols is 1. The third kappa shape index (κ3) is 6.38. The van der Waals surface area contributed by atoms with Gasteiger partial charge in [-0.3, -0.25) is 14.9 Å². The predicted molar refractivity (Wildman–Crippen MR) is 101 cm³/mol. The van der Waals surface area contributed by atoms with Gasteiger partial charge in [0.05, 0.1) is 4.92 Å². The fourth-order valence-corrected chi connectivity index (χ4v) is 2.54. The number of benzene rings is 2. The van der Waals surface area contributed by atoms with Crippen molar-refractivity contribution in [1.29, 1.82) is 0 Å². The van der Waals surface area contributed by atoms with Gasteiger partial charge in [0.2, 0.25) is 0 Å². The number of nitro benzene ring substituents is 1. The molecule has 27 heavy (non-hydrogen) atoms. The molecule has 0 heterocycles. The van der Waals surface area contributed by atoms with Crippen LogP contribution in [0.25, 0.3) is 0 Å². The molecule has 0 saturated carbocycles. The Morgan fingerprint density at radius 3 is 2.41 bits per heavy atom. The molecule has 0 fully saturated rings. The minimum atomic E-state index is -0.647. The molecule has 0 aliphatic carbocycles. The standard InChI is InChI=1S/C20H24N2O5/c1-20(2,3)27-19(24)16(11-14-7-5-4-6-8-14)21-13-15-9-10-17(22(25)26)18(23)12-15/h4-10,12,16,21,23H,11,13H2,1-3H3/t16-/m0/s1. The monoisotopic (exact) mass is 372 g/mol. The highest BCUT2D eigenvalue weighted by Gasteiger charge is 2.25. The van der Waals surface area contributed by atoms with Gasteiger partial charge in [0.15, 0.2) is 5.75 Å². The SMILES string of the molecule is CC(C)(C)OC(=O)[C@H](Cc1ccccc1)NCc1ccc([N+](=O)[O-])c(O)c1. The summed E-state index contributed by atoms with van der Waals surface area (Å²) in [5, 5.41) is 23.7. The summed E-state index contributed by atoms with van der Waals surface area (Å²) in [6.45, 7) is 5.67. The molecule has 2 N–H and O–H groups in total. The number of esters is 1. The number of hydrogen-bond acceptors (Lipinski definition) is 6. The van der Waals surface area contributed by atoms with Crippen molar-refractivity contribution in [2.45, 2.75) is 45.4 Å². The molecule has 0 spiro atoms. The van der Waals surface area contributed by atoms with E-state index in [1.807, 2.05) is 30.3 Å². The first-order valence-corrected chi connectivity index (χ1v) is 8.62. The third-order valence-electron chi connectivity index (χ3n) is 3.76. The number of nitrogens with zero attached hydrogens (tertiary/aromatic N) is 1. The minimum Gasteiger partial charge on any atom is -0.502 e. The number of carbonyl (C=O) groups excluding carboxylic acids is 1. The van der Waals surface area contributed by atoms with Gasteiger partial charge in [-0.05, 0) is 44.4 Å². The van der Waals surface area contributed by atoms with E-state index in [1.54, 1.807) is 26.8 Å². The Morgan fingerprint density at radius 1 is 1.19 bits per heavy atom. The molecule has 0 radical (unpaired) electrons. The maximum atomic E-state index is 12.6. The molecule has 0 aliphatic heterocycles. The van der Waals surface area contributed by atoms with E-state index in [0.717, 1.165) is 5.56 Å². The smallest absolute Gasteiger partial charge is 0.324 e. The fraction of sp³-hybridized carbons (Fsp3) is 0.350. The van der Waals surface area contributed by atoms with Crippen molar-refractivity contribution in [3.05, 3.63) is 69.8 Å². The Bertz CT molecular complexity index is 800. The van der Waals surface area contributed by atoms with E-state index < -0.39 is 22.3 Å². The summed E-state index contributed by atoms with van der Waals surface area (Å²) in [5.74, 6) is -0.784. The molecule has 0 unspecified atom stereocenters. The maximum absolute atomic E-state index is 12.6. The molecule has 1 atom stereocenters. The topological polar surface area (TPSA) is 102 Å². The Labute approximate surface area is 158 Å². The van der Waals surface area contributed by atoms with Gasteiger partial charge in [-0.1, -0.05) is 36.4 Å². The second kappa shape index (κ2) is 8.64. The summed E-state index contributed by atoms with van der Waals surface area (Å²) in [6, 6.07) is 13.1. The third-order valence-corrected chi connectivity index (χ3v) is 3.76. The Kier molecular flexibility index (Phi) is 6.52. The van der Waals surface area contributed by atoms with E-state index >= 15 is 0 Å². The minimum absolute atomic E-state index is 0.252. The summed E-state index contributed by atoms with van der Waals surface area (Å²) in [4.78, 5) is 22.7. The van der Waals surface area contributed by atoms with Gasteiger partial charge < -0.3 is 15.2 Å². The van der Waals surface area contributed by atoms with Gasteiger partial charge in [-0.15, -0.1) is 0 Å². The Balaban J connectivity index is 2.12. The molecule has 2 rings (SSSR count). The fourth-order valence-electron chi connectivity index (χ4n) is 2.54. The average Bonchev–Trinajstić information content (AvgIpc) is 2.57. The lowest BCUT2D eigenvalue weighted by molar-refractivity contribution is -0.385. The van der Waals surface area contributed by atoms with E-state index in [1.165, 1.54) is 12.1 Å². The molecule has 0 aliphatic rings. The lowest BCUT2D eigenvalue weighted by Gasteiger charge is -2.25. The molecule has 2 aromatic carbocycles. The van der Waals surface area contributed by atoms with Crippen molar-refractivity contribution < 1.29 is 19.6 Å². The first-order valence-electron chi connectivity index (χ1n) is 8.62. The van der Waals surface area contributed by atoms with Crippen LogP contribution in [0, 0.1) is 10.1 Å². The van der Waals surface area contributed by atoms with E-state index in [0.29, 0.717) is 12.0 Å². The predicted octanol–water partition coefficient (Wildman–Crippen LogP) is 3.34. The van der Waals surface area contributed by atoms with Gasteiger partial charge in [0, 0.05) is 12.6 Å². The average molecular weight is 372 g/mol. The first-order chi connectivity index (χ1) is 12.7. The van der Waals surface area contributed by atoms with Crippen LogP contribution in [0.2, 0.25) is 0 Å². The number of hydrogen-bond donors (Lipinski definition) is 2. The van der Waals surface area contributed by atoms with Crippen LogP contribution in [-0.4, -0.2) is 27.6 Å². The van der Waals surface area contributed by atoms with Gasteiger partial charge in [0.25, 0.3) is 0 Å². The Hall–Kier alpha value is -2.93. The number of rotatable bonds is 7. The number of ether oxygens (including phenoxy) is 1. The summed E-state index contributed by atoms with van der Waals surface area (Å²) in [5.41, 5.74) is 0.637. The van der Waals surface area contributed by atoms with E-state index in [2.05, 4.69) is 5.32 Å². The molecular weight excluding hydrogens is 348 g/mol. The van der Waals surface area contributed by atoms with Crippen LogP contribution in [0.15, 0.2) is 48.5 Å². The highest BCUT2D eigenvalue weighted by atomic mass is 16.6. The van der Waals surface area contributed by atoms with Gasteiger partial charge in [-0.25, -0.2) is 0 Å². The summed E-state index contributed by atoms with van der Waals surface area (Å²) >= 11 is 0. The molecule has 7 heteroatoms. The van der Waals surface area contributed by atoms with Crippen LogP contribution in [0.1, 0.15) is 31.9 Å². The van der Waals surface area contributed by atoms with Crippen LogP contribution >= 0.6 is 0 Å². The zero-order chi connectivity index (χ0) is 20.0. The van der Waals surface area contributed by atoms with Crippen LogP contribution in [-0.2, 0) is 22.5 Å². The van der Waals surface area contributed by atoms with Gasteiger partial charge in [-0.2, -0.15) is 0 Å². The second-order valence-corrected chi connectivity index (χ2v) is 7.24. The quantitative estimate of drug-likeness (QED) is 0.439. The van der Waals surface area contributed by atoms with Crippen molar-refractivity contribution in [1.82, 2.24) is 5.32 Å². The van der Waals surface area contributed by atoms with E-state index in [-0.39, 0.29) is 18.2 Å². The normalized spacial score (nSPS) is 12.4. The van der Waals surface area contributed by atoms with Crippen molar-refractivity contribution in [2.75, 3.05) is 0 Å². The van der Waals surface area contributed by atoms with E-state index in [9.17, 15) is 20.0 Å². The van der Waals surface area contributed by atoms with Crippen LogP contribution in [0.4, 0.5) is 5.69 Å². The van der Waals surface area contributed by atoms with Gasteiger partial charge >= 0.3 is 11.7 Å². The maximum Gasteiger partial charge on any atom is 0.324 e. The van der Waals surface area contributed by atoms with Gasteiger partial charge in [0.1, 0.15) is 11.6 Å². The summed E-state index contributed by atoms with van der Waals surface area (Å²) < 4.78 is 5.49. The lowest BCUT2D eigenvalue weighted by Crippen LogP contribution is -2.42. The number of nitro groups is 1. The number of nitrogens with one attached hydrogen (secondary N) is 1. The highest BCUT2D eigenvalue weighted by Crippen LogP contribution is 2.26. The number of carbonyl (C=O) groups is 1. The molecule has 7 nitrogen and oxygen atoms in total. The highest BCUT2D eigenvalue weighted by molar-refractivity contribution is 5.76. The molecule has 0 aromatic heterocycles. The molecular formula is C20H24N2O5. The van der Waals surface area contributed by atoms with E-state index in [4.69, 9.17) is 4.74 Å². The first kappa shape index (κ1) is 20.4. The van der Waals surface area contributed by atoms with Crippen LogP contribution < -0.4 is 5.32 Å². The second-order valence-electron chi connectivity index (χ2n) is 7.24. The molecule has 0 amide bonds. The van der Waals surface area contributed by atoms with Crippen molar-refractivity contribution in [3.8, 4) is 5.75 Å². The molecule has 144 valence electrons. The Morgan fingerprint density at radius 2 is 1.85 bits per heavy atom. The zero-order valence-corrected chi connectivity index (χ0v) is 15.6.